The van der Waals surface area contributed by atoms with Crippen LogP contribution in [0.1, 0.15) is 22.8 Å². The van der Waals surface area contributed by atoms with Crippen LogP contribution in [-0.4, -0.2) is 27.0 Å². The average Bonchev–Trinajstić information content (AvgIpc) is 2.48. The van der Waals surface area contributed by atoms with E-state index in [1.165, 1.54) is 19.1 Å². The molecule has 1 amide bonds. The van der Waals surface area contributed by atoms with Gasteiger partial charge in [-0.2, -0.15) is 0 Å². The van der Waals surface area contributed by atoms with Gasteiger partial charge in [-0.05, 0) is 25.1 Å². The van der Waals surface area contributed by atoms with Crippen LogP contribution in [0.25, 0.3) is 0 Å². The lowest BCUT2D eigenvalue weighted by molar-refractivity contribution is -0.115. The number of Topliss-reactive ketones (excluding diaryl/α,β-unsaturated/α-hetero) is 1. The SMILES string of the molecule is CC(=O)c1ccccc1NC(=O)Cc1ccc(O)c(O)c1O. The van der Waals surface area contributed by atoms with Crippen LogP contribution < -0.4 is 5.32 Å². The minimum absolute atomic E-state index is 0.160. The highest BCUT2D eigenvalue weighted by atomic mass is 16.3. The summed E-state index contributed by atoms with van der Waals surface area (Å²) in [5.74, 6) is -2.33. The standard InChI is InChI=1S/C16H15NO5/c1-9(18)11-4-2-3-5-12(11)17-14(20)8-10-6-7-13(19)16(22)15(10)21/h2-7,19,21-22H,8H2,1H3,(H,17,20). The van der Waals surface area contributed by atoms with Crippen molar-refractivity contribution in [3.63, 3.8) is 0 Å². The van der Waals surface area contributed by atoms with Crippen molar-refractivity contribution >= 4 is 17.4 Å². The second-order valence-corrected chi connectivity index (χ2v) is 4.77. The van der Waals surface area contributed by atoms with Crippen LogP contribution >= 0.6 is 0 Å². The number of ketones is 1. The highest BCUT2D eigenvalue weighted by Gasteiger charge is 2.15. The van der Waals surface area contributed by atoms with Crippen molar-refractivity contribution in [2.45, 2.75) is 13.3 Å². The van der Waals surface area contributed by atoms with Crippen molar-refractivity contribution in [3.05, 3.63) is 47.5 Å². The van der Waals surface area contributed by atoms with E-state index < -0.39 is 23.2 Å². The molecule has 2 aromatic carbocycles. The molecule has 0 aromatic heterocycles. The maximum atomic E-state index is 12.0. The summed E-state index contributed by atoms with van der Waals surface area (Å²) in [4.78, 5) is 23.5. The number of hydrogen-bond acceptors (Lipinski definition) is 5. The average molecular weight is 301 g/mol. The molecule has 114 valence electrons. The van der Waals surface area contributed by atoms with Gasteiger partial charge in [0.05, 0.1) is 12.1 Å². The number of carbonyl (C=O) groups is 2. The van der Waals surface area contributed by atoms with Gasteiger partial charge in [-0.15, -0.1) is 0 Å². The van der Waals surface area contributed by atoms with Gasteiger partial charge in [0.1, 0.15) is 0 Å². The number of para-hydroxylation sites is 1. The molecule has 6 heteroatoms. The Kier molecular flexibility index (Phi) is 4.31. The third kappa shape index (κ3) is 3.17. The van der Waals surface area contributed by atoms with Crippen molar-refractivity contribution in [2.75, 3.05) is 5.32 Å². The van der Waals surface area contributed by atoms with Crippen LogP contribution in [0.4, 0.5) is 5.69 Å². The fourth-order valence-electron chi connectivity index (χ4n) is 2.02. The van der Waals surface area contributed by atoms with Crippen LogP contribution in [-0.2, 0) is 11.2 Å². The molecule has 0 aliphatic rings. The predicted molar refractivity (Wildman–Crippen MR) is 80.2 cm³/mol. The molecule has 0 fully saturated rings. The van der Waals surface area contributed by atoms with Gasteiger partial charge in [-0.3, -0.25) is 9.59 Å². The number of anilines is 1. The summed E-state index contributed by atoms with van der Waals surface area (Å²) in [6, 6.07) is 9.09. The highest BCUT2D eigenvalue weighted by molar-refractivity contribution is 6.04. The molecule has 2 aromatic rings. The molecule has 0 atom stereocenters. The topological polar surface area (TPSA) is 107 Å². The van der Waals surface area contributed by atoms with Crippen molar-refractivity contribution in [1.29, 1.82) is 0 Å². The van der Waals surface area contributed by atoms with Crippen LogP contribution in [0.15, 0.2) is 36.4 Å². The summed E-state index contributed by atoms with van der Waals surface area (Å²) in [6.07, 6.45) is -0.216. The summed E-state index contributed by atoms with van der Waals surface area (Å²) < 4.78 is 0. The normalized spacial score (nSPS) is 10.2. The number of aromatic hydroxyl groups is 3. The van der Waals surface area contributed by atoms with Gasteiger partial charge < -0.3 is 20.6 Å². The Bertz CT molecular complexity index is 739. The third-order valence-electron chi connectivity index (χ3n) is 3.14. The third-order valence-corrected chi connectivity index (χ3v) is 3.14. The molecule has 0 aliphatic heterocycles. The molecule has 6 nitrogen and oxygen atoms in total. The summed E-state index contributed by atoms with van der Waals surface area (Å²) >= 11 is 0. The zero-order chi connectivity index (χ0) is 16.3. The second-order valence-electron chi connectivity index (χ2n) is 4.77. The number of phenols is 3. The quantitative estimate of drug-likeness (QED) is 0.511. The van der Waals surface area contributed by atoms with Gasteiger partial charge in [0, 0.05) is 11.1 Å². The van der Waals surface area contributed by atoms with E-state index in [2.05, 4.69) is 5.32 Å². The van der Waals surface area contributed by atoms with E-state index in [0.717, 1.165) is 0 Å². The molecule has 0 saturated carbocycles. The van der Waals surface area contributed by atoms with E-state index in [0.29, 0.717) is 11.3 Å². The molecule has 22 heavy (non-hydrogen) atoms. The molecular weight excluding hydrogens is 286 g/mol. The molecule has 0 heterocycles. The Morgan fingerprint density at radius 3 is 2.36 bits per heavy atom. The Hall–Kier alpha value is -3.02. The van der Waals surface area contributed by atoms with E-state index in [-0.39, 0.29) is 17.8 Å². The van der Waals surface area contributed by atoms with E-state index in [4.69, 9.17) is 0 Å². The maximum absolute atomic E-state index is 12.0. The number of rotatable bonds is 4. The largest absolute Gasteiger partial charge is 0.504 e. The number of carbonyl (C=O) groups excluding carboxylic acids is 2. The molecule has 0 bridgehead atoms. The van der Waals surface area contributed by atoms with E-state index >= 15 is 0 Å². The summed E-state index contributed by atoms with van der Waals surface area (Å²) in [5, 5.41) is 31.0. The summed E-state index contributed by atoms with van der Waals surface area (Å²) in [7, 11) is 0. The Labute approximate surface area is 126 Å². The molecule has 2 rings (SSSR count). The van der Waals surface area contributed by atoms with Crippen molar-refractivity contribution in [2.24, 2.45) is 0 Å². The van der Waals surface area contributed by atoms with Gasteiger partial charge in [-0.1, -0.05) is 18.2 Å². The number of hydrogen-bond donors (Lipinski definition) is 4. The fraction of sp³-hybridized carbons (Fsp3) is 0.125. The van der Waals surface area contributed by atoms with Gasteiger partial charge >= 0.3 is 0 Å². The fourth-order valence-corrected chi connectivity index (χ4v) is 2.02. The maximum Gasteiger partial charge on any atom is 0.228 e. The predicted octanol–water partition coefficient (Wildman–Crippen LogP) is 2.19. The molecule has 4 N–H and O–H groups in total. The van der Waals surface area contributed by atoms with Crippen LogP contribution in [0.2, 0.25) is 0 Å². The minimum Gasteiger partial charge on any atom is -0.504 e. The molecule has 0 spiro atoms. The van der Waals surface area contributed by atoms with Gasteiger partial charge in [0.2, 0.25) is 11.7 Å². The first-order valence-electron chi connectivity index (χ1n) is 6.52. The Balaban J connectivity index is 2.18. The minimum atomic E-state index is -0.672. The molecule has 0 aliphatic carbocycles. The Morgan fingerprint density at radius 1 is 1.00 bits per heavy atom. The summed E-state index contributed by atoms with van der Waals surface area (Å²) in [5.41, 5.74) is 0.921. The van der Waals surface area contributed by atoms with Crippen molar-refractivity contribution in [1.82, 2.24) is 0 Å². The monoisotopic (exact) mass is 301 g/mol. The van der Waals surface area contributed by atoms with Gasteiger partial charge in [-0.25, -0.2) is 0 Å². The van der Waals surface area contributed by atoms with Crippen molar-refractivity contribution in [3.8, 4) is 17.2 Å². The first-order valence-corrected chi connectivity index (χ1v) is 6.52. The zero-order valence-electron chi connectivity index (χ0n) is 11.8. The lowest BCUT2D eigenvalue weighted by atomic mass is 10.1. The molecule has 0 unspecified atom stereocenters. The second kappa shape index (κ2) is 6.17. The Morgan fingerprint density at radius 2 is 1.68 bits per heavy atom. The number of nitrogens with one attached hydrogen (secondary N) is 1. The van der Waals surface area contributed by atoms with Gasteiger partial charge in [0.25, 0.3) is 0 Å². The van der Waals surface area contributed by atoms with E-state index in [9.17, 15) is 24.9 Å². The van der Waals surface area contributed by atoms with Crippen molar-refractivity contribution < 1.29 is 24.9 Å². The lowest BCUT2D eigenvalue weighted by Gasteiger charge is -2.10. The van der Waals surface area contributed by atoms with Crippen LogP contribution in [0, 0.1) is 0 Å². The molecular formula is C16H15NO5. The molecule has 0 saturated heterocycles. The lowest BCUT2D eigenvalue weighted by Crippen LogP contribution is -2.16. The van der Waals surface area contributed by atoms with E-state index in [1.54, 1.807) is 24.3 Å². The first kappa shape index (κ1) is 15.4. The van der Waals surface area contributed by atoms with Crippen LogP contribution in [0.3, 0.4) is 0 Å². The first-order chi connectivity index (χ1) is 10.4. The number of benzene rings is 2. The highest BCUT2D eigenvalue weighted by Crippen LogP contribution is 2.37. The van der Waals surface area contributed by atoms with E-state index in [1.807, 2.05) is 0 Å². The zero-order valence-corrected chi connectivity index (χ0v) is 11.8. The van der Waals surface area contributed by atoms with Gasteiger partial charge in [0.15, 0.2) is 17.3 Å². The number of phenolic OH excluding ortho intramolecular Hbond substituents is 3. The summed E-state index contributed by atoms with van der Waals surface area (Å²) in [6.45, 7) is 1.40. The van der Waals surface area contributed by atoms with Crippen LogP contribution in [0.5, 0.6) is 17.2 Å². The molecule has 0 radical (unpaired) electrons. The number of amides is 1. The smallest absolute Gasteiger partial charge is 0.228 e.